The summed E-state index contributed by atoms with van der Waals surface area (Å²) in [7, 11) is 0. The van der Waals surface area contributed by atoms with Gasteiger partial charge in [0.2, 0.25) is 5.95 Å². The summed E-state index contributed by atoms with van der Waals surface area (Å²) in [4.78, 5) is 36.5. The maximum absolute atomic E-state index is 12.4. The number of rotatable bonds is 7. The van der Waals surface area contributed by atoms with Gasteiger partial charge in [0, 0.05) is 55.9 Å². The Morgan fingerprint density at radius 3 is 2.29 bits per heavy atom. The Morgan fingerprint density at radius 2 is 1.69 bits per heavy atom. The molecule has 0 aliphatic carbocycles. The van der Waals surface area contributed by atoms with Gasteiger partial charge in [-0.25, -0.2) is 9.78 Å². The molecule has 1 aromatic carbocycles. The number of anilines is 1. The minimum absolute atomic E-state index is 0.00228. The average molecular weight is 479 g/mol. The molecule has 3 heterocycles. The largest absolute Gasteiger partial charge is 0.465 e. The minimum atomic E-state index is -0.841. The SMILES string of the molecule is CC[C@@H](c1ccc([C@H](C)Nc2ncc3ccc(=O)n(C(C)C)c3n2)cc1)N1CCN(C(=O)O)CC1. The Hall–Kier alpha value is -3.46. The van der Waals surface area contributed by atoms with E-state index < -0.39 is 6.09 Å². The Bertz CT molecular complexity index is 1230. The smallest absolute Gasteiger partial charge is 0.407 e. The highest BCUT2D eigenvalue weighted by Crippen LogP contribution is 2.27. The molecule has 3 aromatic rings. The highest BCUT2D eigenvalue weighted by molar-refractivity contribution is 5.75. The van der Waals surface area contributed by atoms with Crippen LogP contribution in [0.3, 0.4) is 0 Å². The quantitative estimate of drug-likeness (QED) is 0.522. The zero-order valence-corrected chi connectivity index (χ0v) is 20.8. The first-order valence-corrected chi connectivity index (χ1v) is 12.2. The van der Waals surface area contributed by atoms with Gasteiger partial charge in [0.1, 0.15) is 5.65 Å². The summed E-state index contributed by atoms with van der Waals surface area (Å²) < 4.78 is 1.68. The predicted octanol–water partition coefficient (Wildman–Crippen LogP) is 4.29. The second-order valence-electron chi connectivity index (χ2n) is 9.37. The Morgan fingerprint density at radius 1 is 1.03 bits per heavy atom. The van der Waals surface area contributed by atoms with Crippen molar-refractivity contribution in [2.45, 2.75) is 52.2 Å². The number of fused-ring (bicyclic) bond motifs is 1. The Balaban J connectivity index is 1.48. The van der Waals surface area contributed by atoms with E-state index in [1.165, 1.54) is 10.5 Å². The number of aromatic nitrogens is 3. The molecular formula is C26H34N6O3. The second kappa shape index (κ2) is 10.4. The molecule has 1 amide bonds. The molecule has 2 atom stereocenters. The fourth-order valence-electron chi connectivity index (χ4n) is 4.82. The van der Waals surface area contributed by atoms with Crippen molar-refractivity contribution >= 4 is 23.1 Å². The molecule has 2 N–H and O–H groups in total. The maximum atomic E-state index is 12.4. The number of nitrogens with zero attached hydrogens (tertiary/aromatic N) is 5. The lowest BCUT2D eigenvalue weighted by Crippen LogP contribution is -2.49. The zero-order valence-electron chi connectivity index (χ0n) is 20.8. The van der Waals surface area contributed by atoms with Crippen LogP contribution in [0, 0.1) is 0 Å². The van der Waals surface area contributed by atoms with E-state index in [1.807, 2.05) is 13.8 Å². The minimum Gasteiger partial charge on any atom is -0.465 e. The van der Waals surface area contributed by atoms with Crippen LogP contribution < -0.4 is 10.9 Å². The molecule has 2 aromatic heterocycles. The lowest BCUT2D eigenvalue weighted by Gasteiger charge is -2.38. The second-order valence-corrected chi connectivity index (χ2v) is 9.37. The molecule has 0 spiro atoms. The molecule has 186 valence electrons. The molecule has 35 heavy (non-hydrogen) atoms. The molecule has 9 nitrogen and oxygen atoms in total. The van der Waals surface area contributed by atoms with Crippen LogP contribution in [0.1, 0.15) is 63.4 Å². The molecule has 1 saturated heterocycles. The Kier molecular flexibility index (Phi) is 7.35. The molecule has 0 unspecified atom stereocenters. The van der Waals surface area contributed by atoms with Crippen LogP contribution in [-0.4, -0.2) is 61.7 Å². The molecule has 4 rings (SSSR count). The standard InChI is InChI=1S/C26H34N6O3/c1-5-22(30-12-14-31(15-13-30)26(34)35)20-8-6-19(7-9-20)18(4)28-25-27-16-21-10-11-23(33)32(17(2)3)24(21)29-25/h6-11,16-18,22H,5,12-15H2,1-4H3,(H,34,35)(H,27,28,29)/t18-,22-/m0/s1. The highest BCUT2D eigenvalue weighted by atomic mass is 16.4. The van der Waals surface area contributed by atoms with Crippen LogP contribution in [0.5, 0.6) is 0 Å². The predicted molar refractivity (Wildman–Crippen MR) is 137 cm³/mol. The summed E-state index contributed by atoms with van der Waals surface area (Å²) in [5.74, 6) is 0.483. The van der Waals surface area contributed by atoms with Gasteiger partial charge in [-0.05, 0) is 44.4 Å². The summed E-state index contributed by atoms with van der Waals surface area (Å²) in [6.45, 7) is 10.7. The number of piperazine rings is 1. The van der Waals surface area contributed by atoms with Crippen LogP contribution in [0.2, 0.25) is 0 Å². The van der Waals surface area contributed by atoms with E-state index in [9.17, 15) is 14.7 Å². The van der Waals surface area contributed by atoms with Gasteiger partial charge in [0.25, 0.3) is 5.56 Å². The topological polar surface area (TPSA) is 104 Å². The molecular weight excluding hydrogens is 444 g/mol. The van der Waals surface area contributed by atoms with E-state index in [-0.39, 0.29) is 23.7 Å². The summed E-state index contributed by atoms with van der Waals surface area (Å²) in [5, 5.41) is 13.4. The van der Waals surface area contributed by atoms with Crippen molar-refractivity contribution in [1.82, 2.24) is 24.3 Å². The van der Waals surface area contributed by atoms with E-state index in [0.29, 0.717) is 24.7 Å². The average Bonchev–Trinajstić information content (AvgIpc) is 2.84. The fraction of sp³-hybridized carbons (Fsp3) is 0.462. The van der Waals surface area contributed by atoms with Crippen LogP contribution >= 0.6 is 0 Å². The first-order valence-electron chi connectivity index (χ1n) is 12.2. The van der Waals surface area contributed by atoms with Gasteiger partial charge in [-0.1, -0.05) is 31.2 Å². The molecule has 0 bridgehead atoms. The third-order valence-electron chi connectivity index (χ3n) is 6.76. The van der Waals surface area contributed by atoms with Gasteiger partial charge in [0.15, 0.2) is 0 Å². The summed E-state index contributed by atoms with van der Waals surface area (Å²) >= 11 is 0. The number of hydrogen-bond acceptors (Lipinski definition) is 6. The summed E-state index contributed by atoms with van der Waals surface area (Å²) in [6, 6.07) is 12.1. The lowest BCUT2D eigenvalue weighted by atomic mass is 9.98. The van der Waals surface area contributed by atoms with Crippen molar-refractivity contribution in [3.8, 4) is 0 Å². The van der Waals surface area contributed by atoms with Gasteiger partial charge < -0.3 is 15.3 Å². The maximum Gasteiger partial charge on any atom is 0.407 e. The number of amides is 1. The van der Waals surface area contributed by atoms with Gasteiger partial charge in [-0.15, -0.1) is 0 Å². The van der Waals surface area contributed by atoms with E-state index >= 15 is 0 Å². The normalized spacial score (nSPS) is 16.4. The summed E-state index contributed by atoms with van der Waals surface area (Å²) in [5.41, 5.74) is 2.89. The fourth-order valence-corrected chi connectivity index (χ4v) is 4.82. The van der Waals surface area contributed by atoms with Crippen molar-refractivity contribution in [2.75, 3.05) is 31.5 Å². The first kappa shape index (κ1) is 24.7. The molecule has 0 radical (unpaired) electrons. The molecule has 9 heteroatoms. The van der Waals surface area contributed by atoms with E-state index in [2.05, 4.69) is 58.3 Å². The van der Waals surface area contributed by atoms with Crippen molar-refractivity contribution in [1.29, 1.82) is 0 Å². The monoisotopic (exact) mass is 478 g/mol. The molecule has 0 saturated carbocycles. The summed E-state index contributed by atoms with van der Waals surface area (Å²) in [6.07, 6.45) is 1.86. The first-order chi connectivity index (χ1) is 16.8. The lowest BCUT2D eigenvalue weighted by molar-refractivity contribution is 0.0835. The van der Waals surface area contributed by atoms with Crippen LogP contribution in [0.15, 0.2) is 47.4 Å². The van der Waals surface area contributed by atoms with Crippen molar-refractivity contribution < 1.29 is 9.90 Å². The van der Waals surface area contributed by atoms with E-state index in [0.717, 1.165) is 30.5 Å². The van der Waals surface area contributed by atoms with Crippen LogP contribution in [0.4, 0.5) is 10.7 Å². The van der Waals surface area contributed by atoms with E-state index in [4.69, 9.17) is 0 Å². The van der Waals surface area contributed by atoms with Gasteiger partial charge in [-0.3, -0.25) is 14.3 Å². The highest BCUT2D eigenvalue weighted by Gasteiger charge is 2.26. The van der Waals surface area contributed by atoms with Crippen LogP contribution in [-0.2, 0) is 0 Å². The number of pyridine rings is 1. The number of carboxylic acid groups (broad SMARTS) is 1. The van der Waals surface area contributed by atoms with Crippen molar-refractivity contribution in [3.63, 3.8) is 0 Å². The van der Waals surface area contributed by atoms with Crippen LogP contribution in [0.25, 0.3) is 11.0 Å². The number of nitrogens with one attached hydrogen (secondary N) is 1. The van der Waals surface area contributed by atoms with E-state index in [1.54, 1.807) is 22.9 Å². The number of benzene rings is 1. The molecule has 1 aliphatic rings. The third kappa shape index (κ3) is 5.30. The number of hydrogen-bond donors (Lipinski definition) is 2. The van der Waals surface area contributed by atoms with Crippen molar-refractivity contribution in [2.24, 2.45) is 0 Å². The zero-order chi connectivity index (χ0) is 25.1. The third-order valence-corrected chi connectivity index (χ3v) is 6.76. The number of carbonyl (C=O) groups is 1. The van der Waals surface area contributed by atoms with Gasteiger partial charge in [0.05, 0.1) is 6.04 Å². The van der Waals surface area contributed by atoms with Gasteiger partial charge >= 0.3 is 6.09 Å². The molecule has 1 aliphatic heterocycles. The Labute approximate surface area is 205 Å². The van der Waals surface area contributed by atoms with Gasteiger partial charge in [-0.2, -0.15) is 4.98 Å². The molecule has 1 fully saturated rings. The van der Waals surface area contributed by atoms with Crippen molar-refractivity contribution in [3.05, 3.63) is 64.1 Å².